The number of hydrogen-bond acceptors (Lipinski definition) is 8. The van der Waals surface area contributed by atoms with Crippen molar-refractivity contribution in [2.75, 3.05) is 11.5 Å². The summed E-state index contributed by atoms with van der Waals surface area (Å²) in [4.78, 5) is 38.9. The van der Waals surface area contributed by atoms with Crippen LogP contribution in [0.4, 0.5) is 15.8 Å². The maximum absolute atomic E-state index is 13.8. The Labute approximate surface area is 236 Å². The molecule has 214 valence electrons. The van der Waals surface area contributed by atoms with Gasteiger partial charge in [-0.25, -0.2) is 9.29 Å². The van der Waals surface area contributed by atoms with E-state index >= 15 is 0 Å². The molecule has 5 rings (SSSR count). The van der Waals surface area contributed by atoms with E-state index in [0.29, 0.717) is 36.0 Å². The summed E-state index contributed by atoms with van der Waals surface area (Å²) in [6.07, 6.45) is 3.01. The van der Waals surface area contributed by atoms with Gasteiger partial charge >= 0.3 is 7.12 Å². The number of fused-ring (bicyclic) bond motifs is 3. The highest BCUT2D eigenvalue weighted by Crippen LogP contribution is 2.51. The van der Waals surface area contributed by atoms with Crippen LogP contribution < -0.4 is 4.90 Å². The molecule has 2 aromatic carbocycles. The summed E-state index contributed by atoms with van der Waals surface area (Å²) < 4.78 is 19.7. The molecule has 0 saturated carbocycles. The normalized spacial score (nSPS) is 24.5. The molecular weight excluding hydrogens is 534 g/mol. The molecule has 1 aliphatic carbocycles. The Morgan fingerprint density at radius 3 is 2.68 bits per heavy atom. The van der Waals surface area contributed by atoms with Gasteiger partial charge in [0, 0.05) is 12.1 Å². The van der Waals surface area contributed by atoms with Crippen molar-refractivity contribution in [3.63, 3.8) is 0 Å². The van der Waals surface area contributed by atoms with Gasteiger partial charge in [0.25, 0.3) is 5.69 Å². The average Bonchev–Trinajstić information content (AvgIpc) is 3.21. The summed E-state index contributed by atoms with van der Waals surface area (Å²) in [7, 11) is -1.19. The molecule has 12 heteroatoms. The summed E-state index contributed by atoms with van der Waals surface area (Å²) in [5.74, 6) is -4.24. The number of rotatable bonds is 8. The molecule has 0 bridgehead atoms. The number of phenolic OH excluding ortho intramolecular Hbond substituents is 1. The fourth-order valence-corrected chi connectivity index (χ4v) is 6.43. The van der Waals surface area contributed by atoms with E-state index in [0.717, 1.165) is 10.5 Å². The van der Waals surface area contributed by atoms with Crippen LogP contribution in [0.15, 0.2) is 59.2 Å². The summed E-state index contributed by atoms with van der Waals surface area (Å²) in [5, 5.41) is 41.7. The third-order valence-corrected chi connectivity index (χ3v) is 8.32. The molecule has 41 heavy (non-hydrogen) atoms. The molecule has 2 aromatic rings. The van der Waals surface area contributed by atoms with Crippen LogP contribution in [0.25, 0.3) is 6.08 Å². The lowest BCUT2D eigenvalue weighted by atomic mass is 9.58. The quantitative estimate of drug-likeness (QED) is 0.143. The second-order valence-corrected chi connectivity index (χ2v) is 10.7. The predicted octanol–water partition coefficient (Wildman–Crippen LogP) is 4.01. The lowest BCUT2D eigenvalue weighted by molar-refractivity contribution is -0.384. The van der Waals surface area contributed by atoms with Crippen molar-refractivity contribution in [3.8, 4) is 5.75 Å². The number of anilines is 1. The van der Waals surface area contributed by atoms with Gasteiger partial charge in [-0.05, 0) is 72.8 Å². The number of halogens is 1. The number of phenols is 1. The monoisotopic (exact) mass is 564 g/mol. The van der Waals surface area contributed by atoms with Gasteiger partial charge in [-0.3, -0.25) is 19.7 Å². The van der Waals surface area contributed by atoms with Gasteiger partial charge in [0.05, 0.1) is 35.2 Å². The highest BCUT2D eigenvalue weighted by Gasteiger charge is 2.57. The van der Waals surface area contributed by atoms with E-state index in [9.17, 15) is 39.3 Å². The smallest absolute Gasteiger partial charge is 0.455 e. The molecule has 2 fully saturated rings. The van der Waals surface area contributed by atoms with Gasteiger partial charge < -0.3 is 19.9 Å². The van der Waals surface area contributed by atoms with E-state index in [-0.39, 0.29) is 30.7 Å². The molecular formula is C29H30BFN2O8. The first kappa shape index (κ1) is 28.7. The average molecular weight is 564 g/mol. The number of aliphatic hydroxyl groups excluding tert-OH is 1. The molecule has 2 amide bonds. The van der Waals surface area contributed by atoms with Gasteiger partial charge in [0.15, 0.2) is 11.6 Å². The Hall–Kier alpha value is -3.87. The van der Waals surface area contributed by atoms with Crippen LogP contribution >= 0.6 is 0 Å². The molecule has 2 saturated heterocycles. The first-order chi connectivity index (χ1) is 19.6. The number of nitro groups is 1. The number of carbonyl (C=O) groups excluding carboxylic acids is 2. The van der Waals surface area contributed by atoms with Crippen molar-refractivity contribution in [2.24, 2.45) is 17.8 Å². The van der Waals surface area contributed by atoms with Gasteiger partial charge in [0.2, 0.25) is 11.8 Å². The Morgan fingerprint density at radius 2 is 2.00 bits per heavy atom. The maximum Gasteiger partial charge on any atom is 0.455 e. The molecule has 0 unspecified atom stereocenters. The Kier molecular flexibility index (Phi) is 8.08. The van der Waals surface area contributed by atoms with Crippen LogP contribution in [0.3, 0.4) is 0 Å². The van der Waals surface area contributed by atoms with Crippen LogP contribution in [-0.2, 0) is 14.2 Å². The Bertz CT molecular complexity index is 1460. The molecule has 2 aliphatic heterocycles. The second-order valence-electron chi connectivity index (χ2n) is 10.7. The number of nitro benzene ring substituents is 1. The fraction of sp³-hybridized carbons (Fsp3) is 0.379. The number of aromatic hydroxyl groups is 1. The lowest BCUT2D eigenvalue weighted by Crippen LogP contribution is -2.46. The summed E-state index contributed by atoms with van der Waals surface area (Å²) in [6, 6.07) is 9.49. The molecule has 0 spiro atoms. The van der Waals surface area contributed by atoms with E-state index in [4.69, 9.17) is 4.65 Å². The number of carbonyl (C=O) groups is 2. The van der Waals surface area contributed by atoms with Gasteiger partial charge in [-0.2, -0.15) is 0 Å². The largest absolute Gasteiger partial charge is 0.505 e. The molecule has 10 nitrogen and oxygen atoms in total. The number of amides is 2. The van der Waals surface area contributed by atoms with Crippen molar-refractivity contribution >= 4 is 36.4 Å². The summed E-state index contributed by atoms with van der Waals surface area (Å²) in [5.41, 5.74) is 2.74. The Morgan fingerprint density at radius 1 is 1.22 bits per heavy atom. The van der Waals surface area contributed by atoms with Crippen molar-refractivity contribution in [2.45, 2.75) is 45.0 Å². The zero-order valence-corrected chi connectivity index (χ0v) is 22.4. The van der Waals surface area contributed by atoms with Crippen LogP contribution in [-0.4, -0.2) is 51.8 Å². The summed E-state index contributed by atoms with van der Waals surface area (Å²) in [6.45, 7) is 1.61. The minimum Gasteiger partial charge on any atom is -0.505 e. The van der Waals surface area contributed by atoms with Crippen LogP contribution in [0.5, 0.6) is 5.75 Å². The molecule has 3 aliphatic rings. The van der Waals surface area contributed by atoms with E-state index < -0.39 is 59.3 Å². The zero-order chi connectivity index (χ0) is 29.4. The van der Waals surface area contributed by atoms with E-state index in [1.54, 1.807) is 6.07 Å². The SMILES string of the molecule is CC/C(=C\c1ccc(O)c(F)c1)CC[C@H]1OB(O)C[C@H]2C1=C(CO)C[C@H]1C(=O)N(c3cccc([N+](=O)[O-])c3)C(=O)[C@H]12. The lowest BCUT2D eigenvalue weighted by Gasteiger charge is -2.43. The summed E-state index contributed by atoms with van der Waals surface area (Å²) >= 11 is 0. The van der Waals surface area contributed by atoms with Gasteiger partial charge in [-0.1, -0.05) is 30.7 Å². The van der Waals surface area contributed by atoms with E-state index in [1.165, 1.54) is 36.4 Å². The number of hydrogen-bond donors (Lipinski definition) is 3. The van der Waals surface area contributed by atoms with Gasteiger partial charge in [0.1, 0.15) is 0 Å². The first-order valence-corrected chi connectivity index (χ1v) is 13.6. The highest BCUT2D eigenvalue weighted by atomic mass is 19.1. The number of imide groups is 1. The maximum atomic E-state index is 13.8. The number of allylic oxidation sites excluding steroid dienone is 1. The molecule has 3 N–H and O–H groups in total. The molecule has 0 aromatic heterocycles. The first-order valence-electron chi connectivity index (χ1n) is 13.6. The van der Waals surface area contributed by atoms with Crippen molar-refractivity contribution < 1.29 is 38.8 Å². The number of nitrogens with zero attached hydrogens (tertiary/aromatic N) is 2. The standard InChI is InChI=1S/C29H30BFN2O8/c1-2-16(10-17-6-8-24(35)23(31)11-17)7-9-25-26-18(15-34)12-21-27(22(26)14-30(38)41-25)29(37)32(28(21)36)19-4-3-5-20(13-19)33(39)40/h3-6,8,10-11,13,21-22,25,27,34-35,38H,2,7,9,12,14-15H2,1H3/b16-10+/t21-,22+,25-,27-/m1/s1. The zero-order valence-electron chi connectivity index (χ0n) is 22.4. The van der Waals surface area contributed by atoms with E-state index in [2.05, 4.69) is 0 Å². The van der Waals surface area contributed by atoms with Crippen LogP contribution in [0, 0.1) is 33.7 Å². The van der Waals surface area contributed by atoms with Crippen molar-refractivity contribution in [1.29, 1.82) is 0 Å². The second kappa shape index (κ2) is 11.6. The minimum atomic E-state index is -1.19. The molecule has 2 heterocycles. The topological polar surface area (TPSA) is 150 Å². The van der Waals surface area contributed by atoms with Crippen LogP contribution in [0.2, 0.25) is 6.32 Å². The molecule has 4 atom stereocenters. The van der Waals surface area contributed by atoms with Crippen LogP contribution in [0.1, 0.15) is 38.2 Å². The van der Waals surface area contributed by atoms with E-state index in [1.807, 2.05) is 13.0 Å². The Balaban J connectivity index is 1.42. The number of benzene rings is 2. The third-order valence-electron chi connectivity index (χ3n) is 8.32. The third kappa shape index (κ3) is 5.42. The predicted molar refractivity (Wildman–Crippen MR) is 148 cm³/mol. The minimum absolute atomic E-state index is 0.0710. The highest BCUT2D eigenvalue weighted by molar-refractivity contribution is 6.43. The number of aliphatic hydroxyl groups is 1. The van der Waals surface area contributed by atoms with Crippen molar-refractivity contribution in [3.05, 3.63) is 80.7 Å². The van der Waals surface area contributed by atoms with Gasteiger partial charge in [-0.15, -0.1) is 0 Å². The molecule has 0 radical (unpaired) electrons. The fourth-order valence-electron chi connectivity index (χ4n) is 6.43. The van der Waals surface area contributed by atoms with Crippen molar-refractivity contribution in [1.82, 2.24) is 0 Å². The number of non-ortho nitro benzene ring substituents is 1.